The Labute approximate surface area is 182 Å². The lowest BCUT2D eigenvalue weighted by Gasteiger charge is -2.12. The van der Waals surface area contributed by atoms with E-state index in [4.69, 9.17) is 4.42 Å². The summed E-state index contributed by atoms with van der Waals surface area (Å²) in [5, 5.41) is 3.71. The fraction of sp³-hybridized carbons (Fsp3) is 0.130. The van der Waals surface area contributed by atoms with E-state index in [1.54, 1.807) is 60.9 Å². The van der Waals surface area contributed by atoms with Crippen LogP contribution in [0, 0.1) is 0 Å². The minimum Gasteiger partial charge on any atom is -0.467 e. The number of fused-ring (bicyclic) bond motifs is 1. The predicted octanol–water partition coefficient (Wildman–Crippen LogP) is 3.97. The molecule has 0 atom stereocenters. The van der Waals surface area contributed by atoms with Crippen molar-refractivity contribution in [3.05, 3.63) is 88.6 Å². The van der Waals surface area contributed by atoms with Gasteiger partial charge in [0, 0.05) is 11.3 Å². The summed E-state index contributed by atoms with van der Waals surface area (Å²) in [6, 6.07) is 17.4. The van der Waals surface area contributed by atoms with E-state index >= 15 is 0 Å². The van der Waals surface area contributed by atoms with Crippen LogP contribution >= 0.6 is 11.8 Å². The molecule has 0 unspecified atom stereocenters. The van der Waals surface area contributed by atoms with Crippen molar-refractivity contribution in [2.45, 2.75) is 18.6 Å². The van der Waals surface area contributed by atoms with E-state index in [0.717, 1.165) is 0 Å². The molecule has 2 heterocycles. The average Bonchev–Trinajstić information content (AvgIpc) is 3.28. The lowest BCUT2D eigenvalue weighted by Crippen LogP contribution is -2.24. The quantitative estimate of drug-likeness (QED) is 0.269. The third-order valence-corrected chi connectivity index (χ3v) is 5.58. The van der Waals surface area contributed by atoms with E-state index in [0.29, 0.717) is 33.1 Å². The zero-order valence-corrected chi connectivity index (χ0v) is 17.5. The van der Waals surface area contributed by atoms with Crippen LogP contribution in [0.4, 0.5) is 5.69 Å². The van der Waals surface area contributed by atoms with Gasteiger partial charge in [-0.25, -0.2) is 4.98 Å². The molecule has 0 saturated heterocycles. The predicted molar refractivity (Wildman–Crippen MR) is 120 cm³/mol. The van der Waals surface area contributed by atoms with Gasteiger partial charge in [-0.2, -0.15) is 0 Å². The highest BCUT2D eigenvalue weighted by molar-refractivity contribution is 7.99. The molecule has 31 heavy (non-hydrogen) atoms. The summed E-state index contributed by atoms with van der Waals surface area (Å²) in [5.41, 5.74) is 1.44. The smallest absolute Gasteiger partial charge is 0.262 e. The first-order chi connectivity index (χ1) is 15.0. The van der Waals surface area contributed by atoms with Gasteiger partial charge in [0.15, 0.2) is 10.9 Å². The van der Waals surface area contributed by atoms with Gasteiger partial charge in [0.1, 0.15) is 5.76 Å². The third-order valence-electron chi connectivity index (χ3n) is 4.61. The van der Waals surface area contributed by atoms with Gasteiger partial charge in [0.05, 0.1) is 29.5 Å². The maximum absolute atomic E-state index is 13.0. The molecule has 0 spiro atoms. The maximum atomic E-state index is 13.0. The van der Waals surface area contributed by atoms with Gasteiger partial charge in [0.25, 0.3) is 5.56 Å². The summed E-state index contributed by atoms with van der Waals surface area (Å²) in [5.74, 6) is 0.324. The molecule has 2 aromatic carbocycles. The van der Waals surface area contributed by atoms with Crippen LogP contribution in [0.2, 0.25) is 0 Å². The maximum Gasteiger partial charge on any atom is 0.262 e. The Morgan fingerprint density at radius 1 is 1.10 bits per heavy atom. The first-order valence-electron chi connectivity index (χ1n) is 9.57. The number of anilines is 1. The number of hydrogen-bond acceptors (Lipinski definition) is 6. The third kappa shape index (κ3) is 4.75. The molecule has 4 rings (SSSR count). The van der Waals surface area contributed by atoms with Crippen LogP contribution in [-0.2, 0) is 11.3 Å². The second-order valence-corrected chi connectivity index (χ2v) is 7.80. The molecular formula is C23H19N3O4S. The SMILES string of the molecule is CC(=O)c1cccc(NC(=O)CSc2nc3ccccc3c(=O)n2Cc2ccco2)c1. The van der Waals surface area contributed by atoms with E-state index < -0.39 is 0 Å². The molecule has 0 aliphatic rings. The molecule has 0 radical (unpaired) electrons. The van der Waals surface area contributed by atoms with Crippen LogP contribution < -0.4 is 10.9 Å². The minimum absolute atomic E-state index is 0.0488. The number of para-hydroxylation sites is 1. The lowest BCUT2D eigenvalue weighted by atomic mass is 10.1. The van der Waals surface area contributed by atoms with Crippen molar-refractivity contribution in [2.75, 3.05) is 11.1 Å². The zero-order valence-electron chi connectivity index (χ0n) is 16.7. The largest absolute Gasteiger partial charge is 0.467 e. The van der Waals surface area contributed by atoms with Crippen molar-refractivity contribution < 1.29 is 14.0 Å². The highest BCUT2D eigenvalue weighted by Gasteiger charge is 2.15. The molecule has 4 aromatic rings. The summed E-state index contributed by atoms with van der Waals surface area (Å²) in [6.07, 6.45) is 1.55. The number of carbonyl (C=O) groups is 2. The number of rotatable bonds is 7. The Morgan fingerprint density at radius 3 is 2.71 bits per heavy atom. The number of furan rings is 1. The van der Waals surface area contributed by atoms with Gasteiger partial charge in [-0.05, 0) is 43.3 Å². The summed E-state index contributed by atoms with van der Waals surface area (Å²) >= 11 is 1.17. The van der Waals surface area contributed by atoms with Gasteiger partial charge in [-0.3, -0.25) is 19.0 Å². The minimum atomic E-state index is -0.266. The monoisotopic (exact) mass is 433 g/mol. The van der Waals surface area contributed by atoms with Gasteiger partial charge < -0.3 is 9.73 Å². The van der Waals surface area contributed by atoms with Crippen LogP contribution in [0.15, 0.2) is 81.3 Å². The molecule has 1 N–H and O–H groups in total. The van der Waals surface area contributed by atoms with Crippen molar-refractivity contribution >= 4 is 40.0 Å². The Bertz CT molecular complexity index is 1310. The number of ketones is 1. The van der Waals surface area contributed by atoms with E-state index in [1.165, 1.54) is 23.3 Å². The van der Waals surface area contributed by atoms with E-state index in [1.807, 2.05) is 6.07 Å². The number of nitrogens with zero attached hydrogens (tertiary/aromatic N) is 2. The van der Waals surface area contributed by atoms with Crippen LogP contribution in [-0.4, -0.2) is 27.0 Å². The van der Waals surface area contributed by atoms with E-state index in [2.05, 4.69) is 10.3 Å². The van der Waals surface area contributed by atoms with Crippen molar-refractivity contribution in [2.24, 2.45) is 0 Å². The molecule has 8 heteroatoms. The summed E-state index contributed by atoms with van der Waals surface area (Å²) in [4.78, 5) is 41.7. The average molecular weight is 433 g/mol. The molecule has 0 bridgehead atoms. The fourth-order valence-corrected chi connectivity index (χ4v) is 3.90. The standard InChI is InChI=1S/C23H19N3O4S/c1-15(27)16-6-4-7-17(12-16)24-21(28)14-31-23-25-20-10-3-2-9-19(20)22(29)26(23)13-18-8-5-11-30-18/h2-12H,13-14H2,1H3,(H,24,28). The summed E-state index contributed by atoms with van der Waals surface area (Å²) in [7, 11) is 0. The number of benzene rings is 2. The number of carbonyl (C=O) groups excluding carboxylic acids is 2. The Kier molecular flexibility index (Phi) is 5.99. The summed E-state index contributed by atoms with van der Waals surface area (Å²) < 4.78 is 6.90. The second kappa shape index (κ2) is 9.01. The van der Waals surface area contributed by atoms with Crippen LogP contribution in [0.1, 0.15) is 23.0 Å². The van der Waals surface area contributed by atoms with Crippen molar-refractivity contribution in [3.63, 3.8) is 0 Å². The molecule has 156 valence electrons. The highest BCUT2D eigenvalue weighted by atomic mass is 32.2. The molecule has 0 fully saturated rings. The normalized spacial score (nSPS) is 10.9. The number of Topliss-reactive ketones (excluding diaryl/α,β-unsaturated/α-hetero) is 1. The molecule has 2 aromatic heterocycles. The fourth-order valence-electron chi connectivity index (χ4n) is 3.10. The first kappa shape index (κ1) is 20.6. The summed E-state index contributed by atoms with van der Waals surface area (Å²) in [6.45, 7) is 1.69. The van der Waals surface area contributed by atoms with Gasteiger partial charge in [-0.1, -0.05) is 36.0 Å². The molecule has 0 aliphatic carbocycles. The van der Waals surface area contributed by atoms with E-state index in [-0.39, 0.29) is 29.5 Å². The molecule has 0 saturated carbocycles. The Morgan fingerprint density at radius 2 is 1.94 bits per heavy atom. The molecular weight excluding hydrogens is 414 g/mol. The highest BCUT2D eigenvalue weighted by Crippen LogP contribution is 2.20. The van der Waals surface area contributed by atoms with Crippen LogP contribution in [0.3, 0.4) is 0 Å². The Hall–Kier alpha value is -3.65. The van der Waals surface area contributed by atoms with Gasteiger partial charge >= 0.3 is 0 Å². The number of hydrogen-bond donors (Lipinski definition) is 1. The first-order valence-corrected chi connectivity index (χ1v) is 10.6. The lowest BCUT2D eigenvalue weighted by molar-refractivity contribution is -0.113. The second-order valence-electron chi connectivity index (χ2n) is 6.86. The number of amides is 1. The van der Waals surface area contributed by atoms with Gasteiger partial charge in [0.2, 0.25) is 5.91 Å². The number of thioether (sulfide) groups is 1. The molecule has 7 nitrogen and oxygen atoms in total. The number of aromatic nitrogens is 2. The van der Waals surface area contributed by atoms with Crippen LogP contribution in [0.5, 0.6) is 0 Å². The van der Waals surface area contributed by atoms with Crippen molar-refractivity contribution in [1.82, 2.24) is 9.55 Å². The van der Waals surface area contributed by atoms with Gasteiger partial charge in [-0.15, -0.1) is 0 Å². The Balaban J connectivity index is 1.57. The van der Waals surface area contributed by atoms with Crippen molar-refractivity contribution in [3.8, 4) is 0 Å². The van der Waals surface area contributed by atoms with E-state index in [9.17, 15) is 14.4 Å². The topological polar surface area (TPSA) is 94.2 Å². The molecule has 1 amide bonds. The zero-order chi connectivity index (χ0) is 21.8. The number of nitrogens with one attached hydrogen (secondary N) is 1. The van der Waals surface area contributed by atoms with Crippen molar-refractivity contribution in [1.29, 1.82) is 0 Å². The van der Waals surface area contributed by atoms with Crippen LogP contribution in [0.25, 0.3) is 10.9 Å². The molecule has 0 aliphatic heterocycles.